The van der Waals surface area contributed by atoms with Gasteiger partial charge in [0.1, 0.15) is 0 Å². The summed E-state index contributed by atoms with van der Waals surface area (Å²) < 4.78 is 0. The number of hydrogen-bond acceptors (Lipinski definition) is 1. The highest BCUT2D eigenvalue weighted by Crippen LogP contribution is 1.40. The van der Waals surface area contributed by atoms with Gasteiger partial charge in [0, 0.05) is 6.54 Å². The predicted molar refractivity (Wildman–Crippen MR) is 30.6 cm³/mol. The van der Waals surface area contributed by atoms with Crippen LogP contribution in [0.4, 0.5) is 0 Å². The topological polar surface area (TPSA) is 26.0 Å². The van der Waals surface area contributed by atoms with Crippen molar-refractivity contribution in [3.8, 4) is 0 Å². The lowest BCUT2D eigenvalue weighted by Crippen LogP contribution is -1.90. The van der Waals surface area contributed by atoms with E-state index in [2.05, 4.69) is 6.58 Å². The lowest BCUT2D eigenvalue weighted by Gasteiger charge is -1.61. The Balaban J connectivity index is 0. The molecule has 0 saturated heterocycles. The van der Waals surface area contributed by atoms with E-state index in [1.165, 1.54) is 0 Å². The van der Waals surface area contributed by atoms with Gasteiger partial charge in [-0.1, -0.05) is 19.9 Å². The SMILES string of the molecule is C=CCN.CC. The van der Waals surface area contributed by atoms with E-state index in [0.29, 0.717) is 6.54 Å². The van der Waals surface area contributed by atoms with Crippen LogP contribution in [0, 0.1) is 0 Å². The molecule has 38 valence electrons. The molecule has 0 rings (SSSR count). The second-order valence-corrected chi connectivity index (χ2v) is 0.524. The van der Waals surface area contributed by atoms with Gasteiger partial charge in [0.15, 0.2) is 0 Å². The summed E-state index contributed by atoms with van der Waals surface area (Å²) >= 11 is 0. The van der Waals surface area contributed by atoms with Crippen molar-refractivity contribution in [2.75, 3.05) is 6.54 Å². The van der Waals surface area contributed by atoms with Crippen LogP contribution in [-0.4, -0.2) is 6.54 Å². The van der Waals surface area contributed by atoms with E-state index >= 15 is 0 Å². The molecule has 0 saturated carbocycles. The molecule has 2 N–H and O–H groups in total. The first kappa shape index (κ1) is 9.20. The van der Waals surface area contributed by atoms with Crippen molar-refractivity contribution in [2.24, 2.45) is 5.73 Å². The zero-order chi connectivity index (χ0) is 5.41. The average Bonchev–Trinajstić information content (AvgIpc) is 1.72. The Hall–Kier alpha value is -0.300. The first-order valence-corrected chi connectivity index (χ1v) is 2.22. The molecule has 0 bridgehead atoms. The molecule has 0 amide bonds. The van der Waals surface area contributed by atoms with Crippen molar-refractivity contribution in [3.63, 3.8) is 0 Å². The van der Waals surface area contributed by atoms with Crippen molar-refractivity contribution < 1.29 is 0 Å². The van der Waals surface area contributed by atoms with Gasteiger partial charge in [-0.3, -0.25) is 0 Å². The minimum Gasteiger partial charge on any atom is -0.327 e. The van der Waals surface area contributed by atoms with Gasteiger partial charge in [0.05, 0.1) is 0 Å². The van der Waals surface area contributed by atoms with Crippen molar-refractivity contribution in [2.45, 2.75) is 13.8 Å². The molecule has 0 fully saturated rings. The second kappa shape index (κ2) is 22.3. The van der Waals surface area contributed by atoms with Gasteiger partial charge in [-0.2, -0.15) is 0 Å². The summed E-state index contributed by atoms with van der Waals surface area (Å²) in [6.07, 6.45) is 1.65. The molecule has 6 heavy (non-hydrogen) atoms. The van der Waals surface area contributed by atoms with Gasteiger partial charge in [-0.15, -0.1) is 6.58 Å². The maximum atomic E-state index is 4.91. The molecule has 0 radical (unpaired) electrons. The maximum absolute atomic E-state index is 4.91. The highest BCUT2D eigenvalue weighted by atomic mass is 14.5. The van der Waals surface area contributed by atoms with Crippen LogP contribution in [0.3, 0.4) is 0 Å². The minimum absolute atomic E-state index is 0.583. The maximum Gasteiger partial charge on any atom is 0.0104 e. The van der Waals surface area contributed by atoms with Gasteiger partial charge in [0.2, 0.25) is 0 Å². The summed E-state index contributed by atoms with van der Waals surface area (Å²) in [6.45, 7) is 7.94. The smallest absolute Gasteiger partial charge is 0.0104 e. The van der Waals surface area contributed by atoms with Gasteiger partial charge in [0.25, 0.3) is 0 Å². The molecule has 0 aliphatic heterocycles. The van der Waals surface area contributed by atoms with Crippen LogP contribution in [0.25, 0.3) is 0 Å². The van der Waals surface area contributed by atoms with Crippen LogP contribution in [-0.2, 0) is 0 Å². The van der Waals surface area contributed by atoms with E-state index in [4.69, 9.17) is 5.73 Å². The average molecular weight is 87.2 g/mol. The van der Waals surface area contributed by atoms with Crippen molar-refractivity contribution in [3.05, 3.63) is 12.7 Å². The Bertz CT molecular complexity index is 17.9. The monoisotopic (exact) mass is 87.1 g/mol. The molecule has 0 aromatic rings. The Morgan fingerprint density at radius 1 is 1.67 bits per heavy atom. The van der Waals surface area contributed by atoms with Gasteiger partial charge in [-0.25, -0.2) is 0 Å². The van der Waals surface area contributed by atoms with E-state index < -0.39 is 0 Å². The molecular formula is C5H13N. The van der Waals surface area contributed by atoms with Crippen LogP contribution in [0.15, 0.2) is 12.7 Å². The number of rotatable bonds is 1. The van der Waals surface area contributed by atoms with E-state index in [9.17, 15) is 0 Å². The third-order valence-corrected chi connectivity index (χ3v) is 0.167. The molecule has 0 unspecified atom stereocenters. The molecule has 0 aromatic heterocycles. The highest BCUT2D eigenvalue weighted by Gasteiger charge is 1.43. The first-order valence-electron chi connectivity index (χ1n) is 2.22. The predicted octanol–water partition coefficient (Wildman–Crippen LogP) is 1.16. The molecule has 1 nitrogen and oxygen atoms in total. The normalized spacial score (nSPS) is 5.17. The Morgan fingerprint density at radius 3 is 1.83 bits per heavy atom. The molecule has 0 aliphatic carbocycles. The van der Waals surface area contributed by atoms with Crippen LogP contribution in [0.2, 0.25) is 0 Å². The Labute approximate surface area is 39.9 Å². The van der Waals surface area contributed by atoms with Crippen LogP contribution in [0.1, 0.15) is 13.8 Å². The summed E-state index contributed by atoms with van der Waals surface area (Å²) in [5.41, 5.74) is 4.91. The summed E-state index contributed by atoms with van der Waals surface area (Å²) in [5.74, 6) is 0. The van der Waals surface area contributed by atoms with E-state index in [1.54, 1.807) is 6.08 Å². The van der Waals surface area contributed by atoms with Gasteiger partial charge < -0.3 is 5.73 Å². The van der Waals surface area contributed by atoms with Gasteiger partial charge >= 0.3 is 0 Å². The lowest BCUT2D eigenvalue weighted by molar-refractivity contribution is 1.26. The van der Waals surface area contributed by atoms with Crippen molar-refractivity contribution in [1.82, 2.24) is 0 Å². The van der Waals surface area contributed by atoms with Gasteiger partial charge in [-0.05, 0) is 0 Å². The first-order chi connectivity index (χ1) is 2.91. The van der Waals surface area contributed by atoms with Crippen LogP contribution >= 0.6 is 0 Å². The third kappa shape index (κ3) is 55.0. The van der Waals surface area contributed by atoms with E-state index in [-0.39, 0.29) is 0 Å². The van der Waals surface area contributed by atoms with Crippen molar-refractivity contribution >= 4 is 0 Å². The van der Waals surface area contributed by atoms with Crippen molar-refractivity contribution in [1.29, 1.82) is 0 Å². The van der Waals surface area contributed by atoms with Crippen LogP contribution < -0.4 is 5.73 Å². The number of hydrogen-bond donors (Lipinski definition) is 1. The molecule has 0 heterocycles. The standard InChI is InChI=1S/C3H7N.C2H6/c1-2-3-4;1-2/h2H,1,3-4H2;1-2H3. The van der Waals surface area contributed by atoms with E-state index in [1.807, 2.05) is 13.8 Å². The summed E-state index contributed by atoms with van der Waals surface area (Å²) in [4.78, 5) is 0. The van der Waals surface area contributed by atoms with E-state index in [0.717, 1.165) is 0 Å². The fourth-order valence-electron chi connectivity index (χ4n) is 0. The highest BCUT2D eigenvalue weighted by molar-refractivity contribution is 4.64. The molecule has 1 heteroatoms. The molecule has 0 aromatic carbocycles. The zero-order valence-electron chi connectivity index (χ0n) is 4.57. The second-order valence-electron chi connectivity index (χ2n) is 0.524. The van der Waals surface area contributed by atoms with Crippen LogP contribution in [0.5, 0.6) is 0 Å². The number of nitrogens with two attached hydrogens (primary N) is 1. The lowest BCUT2D eigenvalue weighted by atomic mass is 10.7. The third-order valence-electron chi connectivity index (χ3n) is 0.167. The molecular weight excluding hydrogens is 74.1 g/mol. The molecule has 0 spiro atoms. The molecule has 0 atom stereocenters. The zero-order valence-corrected chi connectivity index (χ0v) is 4.57. The summed E-state index contributed by atoms with van der Waals surface area (Å²) in [6, 6.07) is 0. The summed E-state index contributed by atoms with van der Waals surface area (Å²) in [7, 11) is 0. The Kier molecular flexibility index (Phi) is 34.1. The minimum atomic E-state index is 0.583. The Morgan fingerprint density at radius 2 is 1.83 bits per heavy atom. The fourth-order valence-corrected chi connectivity index (χ4v) is 0. The summed E-state index contributed by atoms with van der Waals surface area (Å²) in [5, 5.41) is 0. The quantitative estimate of drug-likeness (QED) is 0.477. The largest absolute Gasteiger partial charge is 0.327 e. The molecule has 0 aliphatic rings. The fraction of sp³-hybridized carbons (Fsp3) is 0.600.